The molecule has 0 atom stereocenters. The van der Waals surface area contributed by atoms with Crippen LogP contribution in [-0.2, 0) is 36.9 Å². The van der Waals surface area contributed by atoms with Crippen LogP contribution in [0.1, 0.15) is 50.2 Å². The zero-order chi connectivity index (χ0) is 36.9. The van der Waals surface area contributed by atoms with Crippen molar-refractivity contribution in [2.75, 3.05) is 19.6 Å². The van der Waals surface area contributed by atoms with E-state index in [0.717, 1.165) is 42.4 Å². The van der Waals surface area contributed by atoms with Gasteiger partial charge in [0.05, 0.1) is 16.5 Å². The third-order valence-corrected chi connectivity index (χ3v) is 9.33. The fraction of sp³-hybridized carbons (Fsp3) is 0.325. The van der Waals surface area contributed by atoms with Gasteiger partial charge in [-0.05, 0) is 85.9 Å². The average molecular weight is 705 g/mol. The van der Waals surface area contributed by atoms with Gasteiger partial charge in [-0.3, -0.25) is 14.5 Å². The van der Waals surface area contributed by atoms with Crippen LogP contribution in [0.5, 0.6) is 0 Å². The first kappa shape index (κ1) is 37.4. The molecule has 0 saturated carbocycles. The Balaban J connectivity index is 1.47. The van der Waals surface area contributed by atoms with E-state index in [9.17, 15) is 31.5 Å². The minimum absolute atomic E-state index is 0.0621. The summed E-state index contributed by atoms with van der Waals surface area (Å²) < 4.78 is 69.5. The first-order valence-electron chi connectivity index (χ1n) is 16.9. The summed E-state index contributed by atoms with van der Waals surface area (Å²) in [5.74, 6) is -1.89. The lowest BCUT2D eigenvalue weighted by Gasteiger charge is -2.41. The predicted octanol–water partition coefficient (Wildman–Crippen LogP) is 8.29. The number of halogens is 5. The van der Waals surface area contributed by atoms with Gasteiger partial charge in [-0.25, -0.2) is 8.78 Å². The van der Waals surface area contributed by atoms with Gasteiger partial charge in [-0.2, -0.15) is 18.2 Å². The summed E-state index contributed by atoms with van der Waals surface area (Å²) >= 11 is 0. The summed E-state index contributed by atoms with van der Waals surface area (Å²) in [5, 5.41) is 0.333. The Labute approximate surface area is 294 Å². The molecule has 5 aromatic rings. The Morgan fingerprint density at radius 3 is 2.06 bits per heavy atom. The number of para-hydroxylation sites is 1. The highest BCUT2D eigenvalue weighted by molar-refractivity contribution is 5.82. The third kappa shape index (κ3) is 8.71. The smallest absolute Gasteiger partial charge is 0.335 e. The summed E-state index contributed by atoms with van der Waals surface area (Å²) in [6.07, 6.45) is -4.27. The van der Waals surface area contributed by atoms with Crippen LogP contribution in [0, 0.1) is 11.6 Å². The van der Waals surface area contributed by atoms with Crippen LogP contribution in [0.4, 0.5) is 22.0 Å². The molecule has 0 aliphatic carbocycles. The number of alkyl halides is 3. The van der Waals surface area contributed by atoms with Crippen molar-refractivity contribution in [1.82, 2.24) is 19.4 Å². The van der Waals surface area contributed by atoms with E-state index in [1.165, 1.54) is 24.3 Å². The maximum atomic E-state index is 14.6. The Hall–Kier alpha value is -4.90. The first-order chi connectivity index (χ1) is 24.2. The Bertz CT molecular complexity index is 2040. The van der Waals surface area contributed by atoms with E-state index in [4.69, 9.17) is 0 Å². The van der Waals surface area contributed by atoms with Gasteiger partial charge in [0, 0.05) is 25.0 Å². The lowest BCUT2D eigenvalue weighted by Crippen LogP contribution is -2.53. The van der Waals surface area contributed by atoms with E-state index in [1.54, 1.807) is 33.7 Å². The van der Waals surface area contributed by atoms with Crippen molar-refractivity contribution in [2.45, 2.75) is 65.3 Å². The van der Waals surface area contributed by atoms with Crippen LogP contribution in [-0.4, -0.2) is 50.4 Å². The molecule has 0 unspecified atom stereocenters. The van der Waals surface area contributed by atoms with Crippen molar-refractivity contribution in [1.29, 1.82) is 0 Å². The molecule has 6 nitrogen and oxygen atoms in total. The standard InChI is InChI=1S/C40H41F5N4O2/c1-5-48(6-2)39(3,4)26-47(24-27-14-16-28(17-15-27)29-18-21-31(22-19-29)40(43,44)45)36(50)25-49-34-13-8-7-11-32(34)38(51)46-35(49)23-20-30-10-9-12-33(41)37(30)42/h7-19,21-22H,5-6,20,23-26H2,1-4H3. The van der Waals surface area contributed by atoms with E-state index >= 15 is 0 Å². The van der Waals surface area contributed by atoms with E-state index in [-0.39, 0.29) is 43.2 Å². The number of aromatic nitrogens is 2. The van der Waals surface area contributed by atoms with Crippen LogP contribution in [0.3, 0.4) is 0 Å². The fourth-order valence-corrected chi connectivity index (χ4v) is 6.61. The summed E-state index contributed by atoms with van der Waals surface area (Å²) in [4.78, 5) is 35.8. The van der Waals surface area contributed by atoms with Gasteiger partial charge >= 0.3 is 6.18 Å². The monoisotopic (exact) mass is 704 g/mol. The number of carbonyl (C=O) groups is 1. The van der Waals surface area contributed by atoms with Crippen molar-refractivity contribution >= 4 is 16.8 Å². The second kappa shape index (κ2) is 15.6. The maximum Gasteiger partial charge on any atom is 0.416 e. The Morgan fingerprint density at radius 2 is 1.43 bits per heavy atom. The van der Waals surface area contributed by atoms with E-state index < -0.39 is 34.5 Å². The number of amides is 1. The predicted molar refractivity (Wildman–Crippen MR) is 189 cm³/mol. The molecule has 0 fully saturated rings. The zero-order valence-corrected chi connectivity index (χ0v) is 29.1. The number of aryl methyl sites for hydroxylation is 2. The van der Waals surface area contributed by atoms with Gasteiger partial charge in [-0.15, -0.1) is 0 Å². The molecule has 0 spiro atoms. The quantitative estimate of drug-likeness (QED) is 0.116. The van der Waals surface area contributed by atoms with E-state index in [1.807, 2.05) is 24.3 Å². The Kier molecular flexibility index (Phi) is 11.4. The second-order valence-electron chi connectivity index (χ2n) is 13.2. The molecular formula is C40H41F5N4O2. The molecule has 0 radical (unpaired) electrons. The van der Waals surface area contributed by atoms with Crippen LogP contribution in [0.15, 0.2) is 95.8 Å². The number of hydrogen-bond acceptors (Lipinski definition) is 4. The van der Waals surface area contributed by atoms with Crippen LogP contribution < -0.4 is 5.56 Å². The van der Waals surface area contributed by atoms with Gasteiger partial charge < -0.3 is 9.47 Å². The lowest BCUT2D eigenvalue weighted by atomic mass is 10.00. The molecular weight excluding hydrogens is 663 g/mol. The number of benzene rings is 4. The molecule has 0 saturated heterocycles. The topological polar surface area (TPSA) is 58.4 Å². The van der Waals surface area contributed by atoms with E-state index in [2.05, 4.69) is 37.6 Å². The molecule has 1 heterocycles. The Morgan fingerprint density at radius 1 is 0.804 bits per heavy atom. The number of carbonyl (C=O) groups excluding carboxylic acids is 1. The van der Waals surface area contributed by atoms with Crippen molar-refractivity contribution < 1.29 is 26.7 Å². The molecule has 51 heavy (non-hydrogen) atoms. The molecule has 268 valence electrons. The van der Waals surface area contributed by atoms with Gasteiger partial charge in [-0.1, -0.05) is 74.5 Å². The molecule has 0 aliphatic rings. The average Bonchev–Trinajstić information content (AvgIpc) is 3.10. The lowest BCUT2D eigenvalue weighted by molar-refractivity contribution is -0.137. The first-order valence-corrected chi connectivity index (χ1v) is 16.9. The summed E-state index contributed by atoms with van der Waals surface area (Å²) in [6.45, 7) is 10.2. The molecule has 1 amide bonds. The number of likely N-dealkylation sites (N-methyl/N-ethyl adjacent to an activating group) is 1. The van der Waals surface area contributed by atoms with Crippen molar-refractivity contribution in [3.05, 3.63) is 135 Å². The second-order valence-corrected chi connectivity index (χ2v) is 13.2. The number of fused-ring (bicyclic) bond motifs is 1. The minimum atomic E-state index is -4.42. The van der Waals surface area contributed by atoms with Crippen LogP contribution >= 0.6 is 0 Å². The third-order valence-electron chi connectivity index (χ3n) is 9.33. The highest BCUT2D eigenvalue weighted by Gasteiger charge is 2.31. The molecule has 0 aliphatic heterocycles. The zero-order valence-electron chi connectivity index (χ0n) is 29.1. The van der Waals surface area contributed by atoms with Crippen molar-refractivity contribution in [3.63, 3.8) is 0 Å². The van der Waals surface area contributed by atoms with E-state index in [0.29, 0.717) is 23.0 Å². The molecule has 11 heteroatoms. The molecule has 0 N–H and O–H groups in total. The van der Waals surface area contributed by atoms with Gasteiger partial charge in [0.2, 0.25) is 5.91 Å². The molecule has 0 bridgehead atoms. The largest absolute Gasteiger partial charge is 0.416 e. The van der Waals surface area contributed by atoms with Gasteiger partial charge in [0.1, 0.15) is 12.4 Å². The summed E-state index contributed by atoms with van der Waals surface area (Å²) in [5.41, 5.74) is 1.22. The summed E-state index contributed by atoms with van der Waals surface area (Å²) in [6, 6.07) is 23.1. The minimum Gasteiger partial charge on any atom is -0.335 e. The molecule has 4 aromatic carbocycles. The number of rotatable bonds is 13. The fourth-order valence-electron chi connectivity index (χ4n) is 6.61. The highest BCUT2D eigenvalue weighted by Crippen LogP contribution is 2.31. The number of hydrogen-bond donors (Lipinski definition) is 0. The van der Waals surface area contributed by atoms with Gasteiger partial charge in [0.15, 0.2) is 11.6 Å². The van der Waals surface area contributed by atoms with Crippen LogP contribution in [0.25, 0.3) is 22.0 Å². The van der Waals surface area contributed by atoms with Crippen molar-refractivity contribution in [3.8, 4) is 11.1 Å². The maximum absolute atomic E-state index is 14.6. The molecule has 5 rings (SSSR count). The normalized spacial score (nSPS) is 12.1. The SMILES string of the molecule is CCN(CC)C(C)(C)CN(Cc1ccc(-c2ccc(C(F)(F)F)cc2)cc1)C(=O)Cn1c(CCc2cccc(F)c2F)nc(=O)c2ccccc21. The number of nitrogens with zero attached hydrogens (tertiary/aromatic N) is 4. The highest BCUT2D eigenvalue weighted by atomic mass is 19.4. The molecule has 1 aromatic heterocycles. The van der Waals surface area contributed by atoms with Crippen LogP contribution in [0.2, 0.25) is 0 Å². The van der Waals surface area contributed by atoms with Gasteiger partial charge in [0.25, 0.3) is 5.56 Å². The van der Waals surface area contributed by atoms with Crippen molar-refractivity contribution in [2.24, 2.45) is 0 Å². The summed E-state index contributed by atoms with van der Waals surface area (Å²) in [7, 11) is 0.